The lowest BCUT2D eigenvalue weighted by molar-refractivity contribution is -0.119. The number of ether oxygens (including phenoxy) is 1. The molecular formula is C27H33Cl2NO5S. The summed E-state index contributed by atoms with van der Waals surface area (Å²) in [6.07, 6.45) is 7.86. The number of allylic oxidation sites excluding steroid dienone is 1. The Bertz CT molecular complexity index is 1280. The molecule has 0 bridgehead atoms. The Hall–Kier alpha value is -1.41. The van der Waals surface area contributed by atoms with Crippen molar-refractivity contribution in [3.05, 3.63) is 39.4 Å². The molecule has 3 unspecified atom stereocenters. The molecule has 0 amide bonds. The minimum Gasteiger partial charge on any atom is -0.458 e. The summed E-state index contributed by atoms with van der Waals surface area (Å²) >= 11 is 12.3. The molecule has 0 saturated heterocycles. The highest BCUT2D eigenvalue weighted by Gasteiger charge is 2.61. The van der Waals surface area contributed by atoms with Crippen molar-refractivity contribution in [3.63, 3.8) is 0 Å². The molecule has 0 aliphatic heterocycles. The molecule has 4 aliphatic rings. The maximum atomic E-state index is 13.2. The smallest absolute Gasteiger partial charge is 0.339 e. The van der Waals surface area contributed by atoms with Crippen molar-refractivity contribution in [2.24, 2.45) is 39.6 Å². The average molecular weight is 555 g/mol. The zero-order chi connectivity index (χ0) is 26.2. The van der Waals surface area contributed by atoms with E-state index in [0.717, 1.165) is 44.6 Å². The minimum atomic E-state index is -4.13. The Morgan fingerprint density at radius 3 is 2.50 bits per heavy atom. The van der Waals surface area contributed by atoms with E-state index in [-0.39, 0.29) is 43.2 Å². The number of fused-ring (bicyclic) bond motifs is 5. The van der Waals surface area contributed by atoms with Crippen LogP contribution in [0.4, 0.5) is 0 Å². The molecular weight excluding hydrogens is 521 g/mol. The Kier molecular flexibility index (Phi) is 6.42. The third-order valence-corrected chi connectivity index (χ3v) is 11.7. The fourth-order valence-electron chi connectivity index (χ4n) is 8.15. The minimum absolute atomic E-state index is 0.0285. The lowest BCUT2D eigenvalue weighted by atomic mass is 9.45. The number of primary sulfonamides is 1. The second-order valence-electron chi connectivity index (χ2n) is 11.8. The van der Waals surface area contributed by atoms with Crippen LogP contribution in [0.25, 0.3) is 0 Å². The van der Waals surface area contributed by atoms with Gasteiger partial charge in [-0.3, -0.25) is 4.79 Å². The van der Waals surface area contributed by atoms with Crippen molar-refractivity contribution in [2.45, 2.75) is 76.7 Å². The average Bonchev–Trinajstić information content (AvgIpc) is 3.10. The highest BCUT2D eigenvalue weighted by Crippen LogP contribution is 2.67. The highest BCUT2D eigenvalue weighted by molar-refractivity contribution is 7.89. The SMILES string of the molecule is C[C@@H]1CC2=CC(=O)CC[C@]2(C)C2CC[C@@]3(C)C(CC[C@@H]3OC(=O)c3cc(S(N)(=O)=O)c(Cl)cc3Cl)C21. The van der Waals surface area contributed by atoms with Crippen LogP contribution in [0.5, 0.6) is 0 Å². The fourth-order valence-corrected chi connectivity index (χ4v) is 9.54. The Balaban J connectivity index is 1.41. The van der Waals surface area contributed by atoms with Crippen molar-refractivity contribution in [1.82, 2.24) is 0 Å². The van der Waals surface area contributed by atoms with E-state index < -0.39 is 16.0 Å². The molecule has 1 aromatic carbocycles. The van der Waals surface area contributed by atoms with Crippen molar-refractivity contribution < 1.29 is 22.7 Å². The van der Waals surface area contributed by atoms with E-state index in [1.807, 2.05) is 6.08 Å². The second-order valence-corrected chi connectivity index (χ2v) is 14.2. The summed E-state index contributed by atoms with van der Waals surface area (Å²) in [5.74, 6) is 1.51. The van der Waals surface area contributed by atoms with Crippen LogP contribution in [-0.4, -0.2) is 26.3 Å². The molecule has 0 heterocycles. The Labute approximate surface area is 223 Å². The zero-order valence-corrected chi connectivity index (χ0v) is 23.2. The normalized spacial score (nSPS) is 38.0. The van der Waals surface area contributed by atoms with Crippen molar-refractivity contribution >= 4 is 45.0 Å². The van der Waals surface area contributed by atoms with E-state index in [1.54, 1.807) is 0 Å². The highest BCUT2D eigenvalue weighted by atomic mass is 35.5. The number of rotatable bonds is 3. The number of hydrogen-bond donors (Lipinski definition) is 1. The van der Waals surface area contributed by atoms with Crippen LogP contribution in [0.2, 0.25) is 10.0 Å². The van der Waals surface area contributed by atoms with E-state index >= 15 is 0 Å². The molecule has 4 aliphatic carbocycles. The van der Waals surface area contributed by atoms with Crippen LogP contribution in [0.15, 0.2) is 28.7 Å². The molecule has 3 saturated carbocycles. The molecule has 6 nitrogen and oxygen atoms in total. The number of esters is 1. The summed E-state index contributed by atoms with van der Waals surface area (Å²) in [5, 5.41) is 5.15. The van der Waals surface area contributed by atoms with E-state index in [4.69, 9.17) is 33.1 Å². The molecule has 2 N–H and O–H groups in total. The topological polar surface area (TPSA) is 104 Å². The maximum absolute atomic E-state index is 13.2. The zero-order valence-electron chi connectivity index (χ0n) is 20.9. The van der Waals surface area contributed by atoms with Crippen LogP contribution < -0.4 is 5.14 Å². The number of carbonyl (C=O) groups excluding carboxylic acids is 2. The van der Waals surface area contributed by atoms with Crippen LogP contribution >= 0.6 is 23.2 Å². The predicted molar refractivity (Wildman–Crippen MR) is 138 cm³/mol. The van der Waals surface area contributed by atoms with Crippen molar-refractivity contribution in [1.29, 1.82) is 0 Å². The molecule has 3 fully saturated rings. The van der Waals surface area contributed by atoms with Crippen molar-refractivity contribution in [3.8, 4) is 0 Å². The molecule has 0 aromatic heterocycles. The Morgan fingerprint density at radius 2 is 1.81 bits per heavy atom. The summed E-state index contributed by atoms with van der Waals surface area (Å²) < 4.78 is 29.9. The molecule has 7 atom stereocenters. The summed E-state index contributed by atoms with van der Waals surface area (Å²) in [7, 11) is -4.13. The largest absolute Gasteiger partial charge is 0.458 e. The first-order valence-electron chi connectivity index (χ1n) is 12.7. The van der Waals surface area contributed by atoms with Gasteiger partial charge in [-0.25, -0.2) is 18.4 Å². The van der Waals surface area contributed by atoms with Gasteiger partial charge in [0, 0.05) is 11.8 Å². The fraction of sp³-hybridized carbons (Fsp3) is 0.630. The van der Waals surface area contributed by atoms with E-state index in [9.17, 15) is 18.0 Å². The monoisotopic (exact) mass is 553 g/mol. The lowest BCUT2D eigenvalue weighted by Crippen LogP contribution is -2.54. The first kappa shape index (κ1) is 26.2. The molecule has 9 heteroatoms. The summed E-state index contributed by atoms with van der Waals surface area (Å²) in [6, 6.07) is 2.32. The first-order chi connectivity index (χ1) is 16.8. The van der Waals surface area contributed by atoms with Gasteiger partial charge in [-0.2, -0.15) is 0 Å². The molecule has 1 aromatic rings. The van der Waals surface area contributed by atoms with Gasteiger partial charge in [-0.1, -0.05) is 49.5 Å². The predicted octanol–water partition coefficient (Wildman–Crippen LogP) is 5.94. The van der Waals surface area contributed by atoms with Crippen LogP contribution in [0.1, 0.15) is 76.1 Å². The van der Waals surface area contributed by atoms with Crippen LogP contribution in [-0.2, 0) is 19.6 Å². The molecule has 0 spiro atoms. The van der Waals surface area contributed by atoms with E-state index in [0.29, 0.717) is 30.1 Å². The first-order valence-corrected chi connectivity index (χ1v) is 15.0. The summed E-state index contributed by atoms with van der Waals surface area (Å²) in [5.41, 5.74) is 1.18. The summed E-state index contributed by atoms with van der Waals surface area (Å²) in [6.45, 7) is 6.91. The van der Waals surface area contributed by atoms with Gasteiger partial charge in [-0.15, -0.1) is 0 Å². The van der Waals surface area contributed by atoms with Gasteiger partial charge in [0.2, 0.25) is 10.0 Å². The van der Waals surface area contributed by atoms with Gasteiger partial charge in [0.1, 0.15) is 11.0 Å². The Morgan fingerprint density at radius 1 is 1.08 bits per heavy atom. The van der Waals surface area contributed by atoms with E-state index in [1.165, 1.54) is 11.6 Å². The van der Waals surface area contributed by atoms with E-state index in [2.05, 4.69) is 20.8 Å². The van der Waals surface area contributed by atoms with Crippen LogP contribution in [0.3, 0.4) is 0 Å². The van der Waals surface area contributed by atoms with Gasteiger partial charge in [-0.05, 0) is 85.8 Å². The van der Waals surface area contributed by atoms with Gasteiger partial charge < -0.3 is 4.74 Å². The number of benzene rings is 1. The molecule has 0 radical (unpaired) electrons. The quantitative estimate of drug-likeness (QED) is 0.466. The van der Waals surface area contributed by atoms with Crippen molar-refractivity contribution in [2.75, 3.05) is 0 Å². The summed E-state index contributed by atoms with van der Waals surface area (Å²) in [4.78, 5) is 25.0. The second kappa shape index (κ2) is 8.82. The van der Waals surface area contributed by atoms with Gasteiger partial charge in [0.25, 0.3) is 0 Å². The standard InChI is InChI=1S/C27H33Cl2NO5S/c1-14-10-15-11-16(31)6-8-26(15,2)19-7-9-27(3)18(24(14)19)4-5-23(27)35-25(32)17-12-22(36(30,33)34)21(29)13-20(17)28/h11-14,18-19,23-24H,4-10H2,1-3H3,(H2,30,33,34)/t14-,18?,19?,23+,24?,26+,27+/m1/s1. The number of halogens is 2. The lowest BCUT2D eigenvalue weighted by Gasteiger charge is -2.59. The molecule has 5 rings (SSSR count). The number of carbonyl (C=O) groups is 2. The number of sulfonamides is 1. The third kappa shape index (κ3) is 4.05. The van der Waals surface area contributed by atoms with Gasteiger partial charge in [0.15, 0.2) is 5.78 Å². The molecule has 36 heavy (non-hydrogen) atoms. The number of ketones is 1. The van der Waals surface area contributed by atoms with Gasteiger partial charge in [0.05, 0.1) is 15.6 Å². The van der Waals surface area contributed by atoms with Crippen LogP contribution in [0, 0.1) is 34.5 Å². The maximum Gasteiger partial charge on any atom is 0.339 e. The number of hydrogen-bond acceptors (Lipinski definition) is 5. The molecule has 196 valence electrons. The number of nitrogens with two attached hydrogens (primary N) is 1. The third-order valence-electron chi connectivity index (χ3n) is 10.0. The van der Waals surface area contributed by atoms with Gasteiger partial charge >= 0.3 is 5.97 Å².